The summed E-state index contributed by atoms with van der Waals surface area (Å²) in [6.07, 6.45) is 10.9. The highest BCUT2D eigenvalue weighted by molar-refractivity contribution is 6.04. The summed E-state index contributed by atoms with van der Waals surface area (Å²) in [5.41, 5.74) is 0.231. The van der Waals surface area contributed by atoms with E-state index in [1.54, 1.807) is 4.81 Å². The van der Waals surface area contributed by atoms with Crippen molar-refractivity contribution in [1.82, 2.24) is 4.81 Å². The van der Waals surface area contributed by atoms with E-state index in [0.717, 1.165) is 51.5 Å². The van der Waals surface area contributed by atoms with Crippen molar-refractivity contribution in [2.24, 2.45) is 46.3 Å². The summed E-state index contributed by atoms with van der Waals surface area (Å²) in [6, 6.07) is 2.29. The summed E-state index contributed by atoms with van der Waals surface area (Å²) in [4.78, 5) is 8.89. The van der Waals surface area contributed by atoms with Crippen molar-refractivity contribution in [3.8, 4) is 6.07 Å². The minimum Gasteiger partial charge on any atom is -0.377 e. The Hall–Kier alpha value is -1.63. The van der Waals surface area contributed by atoms with Crippen LogP contribution >= 0.6 is 0 Å². The zero-order chi connectivity index (χ0) is 30.3. The molecular formula is C34H53BN4O3. The summed E-state index contributed by atoms with van der Waals surface area (Å²) in [5.74, 6) is 3.11. The molecular weight excluding hydrogens is 523 g/mol. The van der Waals surface area contributed by atoms with Crippen molar-refractivity contribution < 1.29 is 14.2 Å². The molecule has 7 nitrogen and oxygen atoms in total. The molecule has 0 aromatic carbocycles. The van der Waals surface area contributed by atoms with Crippen molar-refractivity contribution in [1.29, 1.82) is 5.26 Å². The first kappa shape index (κ1) is 33.3. The molecule has 0 amide bonds. The van der Waals surface area contributed by atoms with Crippen LogP contribution in [0, 0.1) is 70.8 Å². The van der Waals surface area contributed by atoms with Crippen molar-refractivity contribution >= 4 is 7.98 Å². The van der Waals surface area contributed by atoms with Crippen LogP contribution in [0.4, 0.5) is 0 Å². The van der Waals surface area contributed by atoms with E-state index in [1.807, 2.05) is 7.05 Å². The van der Waals surface area contributed by atoms with Gasteiger partial charge in [0.05, 0.1) is 37.4 Å². The highest BCUT2D eigenvalue weighted by atomic mass is 16.5. The molecule has 8 heteroatoms. The first-order chi connectivity index (χ1) is 20.2. The summed E-state index contributed by atoms with van der Waals surface area (Å²) >= 11 is 0. The normalized spacial score (nSPS) is 39.8. The summed E-state index contributed by atoms with van der Waals surface area (Å²) in [5, 5.41) is 9.31. The SMILES string of the molecule is [B]N(C)CCCC(C)C1CCC2C3C(OCCC#N)CC4CC(OCC[N+]#[C-])CCC4(C)C3CC(OCC[N+]#[C-])C12C. The van der Waals surface area contributed by atoms with Crippen molar-refractivity contribution in [3.63, 3.8) is 0 Å². The van der Waals surface area contributed by atoms with Gasteiger partial charge in [-0.25, -0.2) is 13.1 Å². The van der Waals surface area contributed by atoms with Crippen LogP contribution in [0.2, 0.25) is 0 Å². The Morgan fingerprint density at radius 3 is 2.43 bits per heavy atom. The molecule has 11 atom stereocenters. The van der Waals surface area contributed by atoms with Gasteiger partial charge in [0.25, 0.3) is 0 Å². The highest BCUT2D eigenvalue weighted by Gasteiger charge is 2.66. The number of ether oxygens (including phenoxy) is 3. The Morgan fingerprint density at radius 1 is 1.00 bits per heavy atom. The lowest BCUT2D eigenvalue weighted by atomic mass is 9.43. The van der Waals surface area contributed by atoms with E-state index < -0.39 is 0 Å². The van der Waals surface area contributed by atoms with E-state index >= 15 is 0 Å². The Morgan fingerprint density at radius 2 is 1.74 bits per heavy atom. The second-order valence-corrected chi connectivity index (χ2v) is 14.3. The molecule has 0 aliphatic heterocycles. The first-order valence-electron chi connectivity index (χ1n) is 16.5. The molecule has 11 unspecified atom stereocenters. The smallest absolute Gasteiger partial charge is 0.237 e. The Balaban J connectivity index is 1.63. The standard InChI is InChI=1S/C34H53BN4O3/c1-24(9-7-17-39(6)35)27-10-11-28-32-29(23-31(34(27,28)3)42-20-16-38-5)33(2)13-12-26(40-19-15-37-4)21-25(33)22-30(32)41-18-8-14-36/h24-32H,7-13,15-23H2,1-3,6H3. The van der Waals surface area contributed by atoms with Crippen LogP contribution in [-0.4, -0.2) is 77.6 Å². The fourth-order valence-corrected chi connectivity index (χ4v) is 10.3. The predicted molar refractivity (Wildman–Crippen MR) is 165 cm³/mol. The average molecular weight is 577 g/mol. The molecule has 4 fully saturated rings. The molecule has 0 bridgehead atoms. The molecule has 0 aromatic rings. The Bertz CT molecular complexity index is 1010. The van der Waals surface area contributed by atoms with Crippen molar-refractivity contribution in [2.45, 2.75) is 103 Å². The fourth-order valence-electron chi connectivity index (χ4n) is 10.3. The fraction of sp³-hybridized carbons (Fsp3) is 0.912. The van der Waals surface area contributed by atoms with E-state index in [2.05, 4.69) is 36.5 Å². The van der Waals surface area contributed by atoms with E-state index in [0.29, 0.717) is 74.8 Å². The molecule has 0 saturated heterocycles. The van der Waals surface area contributed by atoms with Crippen LogP contribution in [-0.2, 0) is 14.2 Å². The number of rotatable bonds is 14. The number of hydrogen-bond donors (Lipinski definition) is 0. The van der Waals surface area contributed by atoms with Gasteiger partial charge in [-0.05, 0) is 112 Å². The van der Waals surface area contributed by atoms with Gasteiger partial charge in [0.1, 0.15) is 13.2 Å². The third-order valence-electron chi connectivity index (χ3n) is 12.2. The summed E-state index contributed by atoms with van der Waals surface area (Å²) in [7, 11) is 7.87. The minimum atomic E-state index is 0.0390. The van der Waals surface area contributed by atoms with Crippen LogP contribution < -0.4 is 0 Å². The highest BCUT2D eigenvalue weighted by Crippen LogP contribution is 2.69. The molecule has 0 spiro atoms. The average Bonchev–Trinajstić information content (AvgIpc) is 3.32. The first-order valence-corrected chi connectivity index (χ1v) is 16.5. The van der Waals surface area contributed by atoms with Gasteiger partial charge in [-0.15, -0.1) is 0 Å². The zero-order valence-corrected chi connectivity index (χ0v) is 26.6. The van der Waals surface area contributed by atoms with Gasteiger partial charge in [0.2, 0.25) is 13.1 Å². The van der Waals surface area contributed by atoms with Gasteiger partial charge in [0, 0.05) is 5.41 Å². The third-order valence-corrected chi connectivity index (χ3v) is 12.2. The molecule has 0 heterocycles. The molecule has 0 aromatic heterocycles. The van der Waals surface area contributed by atoms with Crippen LogP contribution in [0.5, 0.6) is 0 Å². The van der Waals surface area contributed by atoms with Crippen LogP contribution in [0.25, 0.3) is 9.69 Å². The quantitative estimate of drug-likeness (QED) is 0.140. The van der Waals surface area contributed by atoms with Gasteiger partial charge in [-0.1, -0.05) is 20.8 Å². The Labute approximate surface area is 257 Å². The largest absolute Gasteiger partial charge is 0.377 e. The van der Waals surface area contributed by atoms with E-state index in [1.165, 1.54) is 12.8 Å². The maximum Gasteiger partial charge on any atom is 0.237 e. The maximum absolute atomic E-state index is 9.31. The zero-order valence-electron chi connectivity index (χ0n) is 26.6. The lowest BCUT2D eigenvalue weighted by Gasteiger charge is -2.64. The van der Waals surface area contributed by atoms with Crippen molar-refractivity contribution in [3.05, 3.63) is 22.8 Å². The third kappa shape index (κ3) is 6.86. The minimum absolute atomic E-state index is 0.0390. The van der Waals surface area contributed by atoms with E-state index in [9.17, 15) is 5.26 Å². The number of hydrogen-bond acceptors (Lipinski definition) is 5. The molecule has 42 heavy (non-hydrogen) atoms. The molecule has 230 valence electrons. The van der Waals surface area contributed by atoms with Gasteiger partial charge in [-0.2, -0.15) is 5.26 Å². The van der Waals surface area contributed by atoms with E-state index in [-0.39, 0.29) is 29.1 Å². The molecule has 4 aliphatic rings. The number of nitriles is 1. The van der Waals surface area contributed by atoms with Gasteiger partial charge in [0.15, 0.2) is 7.98 Å². The molecule has 0 N–H and O–H groups in total. The predicted octanol–water partition coefficient (Wildman–Crippen LogP) is 6.20. The van der Waals surface area contributed by atoms with Crippen LogP contribution in [0.3, 0.4) is 0 Å². The molecule has 4 aliphatic carbocycles. The van der Waals surface area contributed by atoms with Gasteiger partial charge in [-0.3, -0.25) is 0 Å². The van der Waals surface area contributed by atoms with Crippen molar-refractivity contribution in [2.75, 3.05) is 46.5 Å². The lowest BCUT2D eigenvalue weighted by Crippen LogP contribution is -2.63. The Kier molecular flexibility index (Phi) is 11.8. The number of fused-ring (bicyclic) bond motifs is 5. The monoisotopic (exact) mass is 576 g/mol. The summed E-state index contributed by atoms with van der Waals surface area (Å²) in [6.45, 7) is 25.3. The van der Waals surface area contributed by atoms with Crippen LogP contribution in [0.1, 0.15) is 85.0 Å². The second-order valence-electron chi connectivity index (χ2n) is 14.3. The van der Waals surface area contributed by atoms with Gasteiger partial charge < -0.3 is 28.7 Å². The maximum atomic E-state index is 9.31. The second kappa shape index (κ2) is 14.9. The lowest BCUT2D eigenvalue weighted by molar-refractivity contribution is -0.226. The topological polar surface area (TPSA) is 63.4 Å². The molecule has 4 saturated carbocycles. The molecule has 4 rings (SSSR count). The van der Waals surface area contributed by atoms with E-state index in [4.69, 9.17) is 35.3 Å². The number of nitrogens with zero attached hydrogens (tertiary/aromatic N) is 4. The van der Waals surface area contributed by atoms with Gasteiger partial charge >= 0.3 is 0 Å². The van der Waals surface area contributed by atoms with Crippen LogP contribution in [0.15, 0.2) is 0 Å². The summed E-state index contributed by atoms with van der Waals surface area (Å²) < 4.78 is 19.7. The molecule has 2 radical (unpaired) electrons.